The van der Waals surface area contributed by atoms with Crippen molar-refractivity contribution in [3.63, 3.8) is 0 Å². The molecule has 0 atom stereocenters. The Bertz CT molecular complexity index is 436. The van der Waals surface area contributed by atoms with Gasteiger partial charge in [0.25, 0.3) is 0 Å². The molecule has 1 aromatic rings. The highest BCUT2D eigenvalue weighted by Crippen LogP contribution is 2.05. The van der Waals surface area contributed by atoms with Crippen LogP contribution in [0.15, 0.2) is 23.9 Å². The molecule has 0 aromatic carbocycles. The Balaban J connectivity index is 2.67. The molecule has 0 saturated heterocycles. The third-order valence-corrected chi connectivity index (χ3v) is 1.91. The van der Waals surface area contributed by atoms with Gasteiger partial charge >= 0.3 is 11.8 Å². The van der Waals surface area contributed by atoms with E-state index in [1.807, 2.05) is 0 Å². The Labute approximate surface area is 91.5 Å². The first-order valence-electron chi connectivity index (χ1n) is 4.47. The normalized spacial score (nSPS) is 11.2. The van der Waals surface area contributed by atoms with Gasteiger partial charge in [0.2, 0.25) is 0 Å². The number of carbonyl (C=O) groups is 1. The zero-order valence-electron chi connectivity index (χ0n) is 8.91. The lowest BCUT2D eigenvalue weighted by Crippen LogP contribution is -2.04. The average molecular weight is 225 g/mol. The topological polar surface area (TPSA) is 87.3 Å². The van der Waals surface area contributed by atoms with E-state index < -0.39 is 10.9 Å². The number of hydrogen-bond acceptors (Lipinski definition) is 5. The summed E-state index contributed by atoms with van der Waals surface area (Å²) in [6.07, 6.45) is 3.06. The monoisotopic (exact) mass is 225 g/mol. The highest BCUT2D eigenvalue weighted by atomic mass is 16.6. The molecule has 0 radical (unpaired) electrons. The molecule has 0 spiro atoms. The molecule has 7 heteroatoms. The minimum absolute atomic E-state index is 0.218. The van der Waals surface area contributed by atoms with E-state index in [2.05, 4.69) is 9.84 Å². The number of aromatic nitrogens is 2. The smallest absolute Gasteiger partial charge is 0.389 e. The van der Waals surface area contributed by atoms with Gasteiger partial charge in [-0.3, -0.25) is 0 Å². The standard InChI is InChI=1S/C9H11N3O4/c1-7(9(13)16-2)3-5-11-6-4-8(10-11)12(14)15/h3-4,6H,5H2,1-2H3. The van der Waals surface area contributed by atoms with Crippen LogP contribution in [0.25, 0.3) is 0 Å². The van der Waals surface area contributed by atoms with E-state index in [9.17, 15) is 14.9 Å². The Morgan fingerprint density at radius 1 is 1.75 bits per heavy atom. The van der Waals surface area contributed by atoms with E-state index in [1.54, 1.807) is 13.0 Å². The van der Waals surface area contributed by atoms with Crippen LogP contribution < -0.4 is 0 Å². The average Bonchev–Trinajstić information content (AvgIpc) is 2.73. The van der Waals surface area contributed by atoms with Gasteiger partial charge in [0, 0.05) is 5.57 Å². The fraction of sp³-hybridized carbons (Fsp3) is 0.333. The molecule has 0 aliphatic heterocycles. The first-order valence-corrected chi connectivity index (χ1v) is 4.47. The number of ether oxygens (including phenoxy) is 1. The van der Waals surface area contributed by atoms with E-state index in [4.69, 9.17) is 0 Å². The lowest BCUT2D eigenvalue weighted by molar-refractivity contribution is -0.389. The first-order chi connectivity index (χ1) is 7.54. The number of nitro groups is 1. The zero-order valence-corrected chi connectivity index (χ0v) is 8.91. The third kappa shape index (κ3) is 2.91. The molecule has 1 aromatic heterocycles. The second-order valence-electron chi connectivity index (χ2n) is 3.03. The second-order valence-corrected chi connectivity index (χ2v) is 3.03. The SMILES string of the molecule is COC(=O)C(C)=CCn1ccc([N+](=O)[O-])n1. The number of nitrogens with zero attached hydrogens (tertiary/aromatic N) is 3. The minimum Gasteiger partial charge on any atom is -0.466 e. The van der Waals surface area contributed by atoms with E-state index in [1.165, 1.54) is 24.1 Å². The number of rotatable bonds is 4. The summed E-state index contributed by atoms with van der Waals surface area (Å²) in [5.41, 5.74) is 0.431. The summed E-state index contributed by atoms with van der Waals surface area (Å²) in [6.45, 7) is 1.89. The minimum atomic E-state index is -0.576. The van der Waals surface area contributed by atoms with Crippen molar-refractivity contribution in [2.24, 2.45) is 0 Å². The van der Waals surface area contributed by atoms with Crippen LogP contribution >= 0.6 is 0 Å². The summed E-state index contributed by atoms with van der Waals surface area (Å²) in [5, 5.41) is 14.0. The molecule has 0 fully saturated rings. The van der Waals surface area contributed by atoms with Gasteiger partial charge in [0.1, 0.15) is 0 Å². The van der Waals surface area contributed by atoms with E-state index in [-0.39, 0.29) is 12.4 Å². The van der Waals surface area contributed by atoms with Gasteiger partial charge < -0.3 is 14.9 Å². The van der Waals surface area contributed by atoms with Crippen LogP contribution in [0, 0.1) is 10.1 Å². The third-order valence-electron chi connectivity index (χ3n) is 1.91. The molecular formula is C9H11N3O4. The fourth-order valence-corrected chi connectivity index (χ4v) is 1.02. The van der Waals surface area contributed by atoms with Crippen LogP contribution in [0.2, 0.25) is 0 Å². The number of hydrogen-bond donors (Lipinski definition) is 0. The van der Waals surface area contributed by atoms with Crippen molar-refractivity contribution in [3.05, 3.63) is 34.0 Å². The van der Waals surface area contributed by atoms with Crippen molar-refractivity contribution in [1.29, 1.82) is 0 Å². The molecule has 0 bridgehead atoms. The van der Waals surface area contributed by atoms with Gasteiger partial charge in [-0.2, -0.15) is 4.68 Å². The predicted octanol–water partition coefficient (Wildman–Crippen LogP) is 0.911. The van der Waals surface area contributed by atoms with Crippen LogP contribution in [0.1, 0.15) is 6.92 Å². The van der Waals surface area contributed by atoms with Gasteiger partial charge in [-0.05, 0) is 11.8 Å². The maximum Gasteiger partial charge on any atom is 0.389 e. The highest BCUT2D eigenvalue weighted by molar-refractivity contribution is 5.87. The molecule has 86 valence electrons. The van der Waals surface area contributed by atoms with Crippen molar-refractivity contribution in [2.75, 3.05) is 7.11 Å². The van der Waals surface area contributed by atoms with Crippen LogP contribution in [-0.2, 0) is 16.1 Å². The van der Waals surface area contributed by atoms with Crippen LogP contribution in [0.3, 0.4) is 0 Å². The lowest BCUT2D eigenvalue weighted by Gasteiger charge is -1.97. The van der Waals surface area contributed by atoms with Crippen molar-refractivity contribution in [3.8, 4) is 0 Å². The Morgan fingerprint density at radius 2 is 2.44 bits per heavy atom. The molecule has 0 saturated carbocycles. The largest absolute Gasteiger partial charge is 0.466 e. The zero-order chi connectivity index (χ0) is 12.1. The van der Waals surface area contributed by atoms with Gasteiger partial charge in [0.05, 0.1) is 31.0 Å². The molecule has 7 nitrogen and oxygen atoms in total. The fourth-order valence-electron chi connectivity index (χ4n) is 1.02. The molecular weight excluding hydrogens is 214 g/mol. The van der Waals surface area contributed by atoms with Crippen molar-refractivity contribution >= 4 is 11.8 Å². The first kappa shape index (κ1) is 11.9. The molecule has 0 aliphatic carbocycles. The summed E-state index contributed by atoms with van der Waals surface area (Å²) >= 11 is 0. The molecule has 0 unspecified atom stereocenters. The molecule has 16 heavy (non-hydrogen) atoms. The number of allylic oxidation sites excluding steroid dienone is 1. The summed E-state index contributed by atoms with van der Waals surface area (Å²) in [4.78, 5) is 20.8. The quantitative estimate of drug-likeness (QED) is 0.329. The van der Waals surface area contributed by atoms with Gasteiger partial charge in [-0.15, -0.1) is 0 Å². The Kier molecular flexibility index (Phi) is 3.76. The maximum atomic E-state index is 11.0. The van der Waals surface area contributed by atoms with E-state index >= 15 is 0 Å². The van der Waals surface area contributed by atoms with Crippen LogP contribution in [0.4, 0.5) is 5.82 Å². The van der Waals surface area contributed by atoms with Crippen LogP contribution in [0.5, 0.6) is 0 Å². The van der Waals surface area contributed by atoms with Gasteiger partial charge in [-0.25, -0.2) is 4.79 Å². The van der Waals surface area contributed by atoms with Crippen LogP contribution in [-0.4, -0.2) is 27.8 Å². The Morgan fingerprint density at radius 3 is 2.94 bits per heavy atom. The molecule has 0 N–H and O–H groups in total. The number of carbonyl (C=O) groups excluding carboxylic acids is 1. The van der Waals surface area contributed by atoms with E-state index in [0.717, 1.165) is 0 Å². The summed E-state index contributed by atoms with van der Waals surface area (Å²) in [7, 11) is 1.29. The van der Waals surface area contributed by atoms with Crippen molar-refractivity contribution in [1.82, 2.24) is 9.78 Å². The molecule has 1 rings (SSSR count). The second kappa shape index (κ2) is 5.06. The number of methoxy groups -OCH3 is 1. The van der Waals surface area contributed by atoms with Gasteiger partial charge in [-0.1, -0.05) is 6.08 Å². The highest BCUT2D eigenvalue weighted by Gasteiger charge is 2.10. The molecule has 0 aliphatic rings. The maximum absolute atomic E-state index is 11.0. The number of esters is 1. The van der Waals surface area contributed by atoms with Crippen molar-refractivity contribution < 1.29 is 14.5 Å². The van der Waals surface area contributed by atoms with Gasteiger partial charge in [0.15, 0.2) is 0 Å². The lowest BCUT2D eigenvalue weighted by atomic mass is 10.3. The summed E-state index contributed by atoms with van der Waals surface area (Å²) in [5.74, 6) is -0.647. The summed E-state index contributed by atoms with van der Waals surface area (Å²) < 4.78 is 5.86. The molecule has 1 heterocycles. The molecule has 0 amide bonds. The summed E-state index contributed by atoms with van der Waals surface area (Å²) in [6, 6.07) is 1.29. The van der Waals surface area contributed by atoms with Crippen molar-refractivity contribution in [2.45, 2.75) is 13.5 Å². The van der Waals surface area contributed by atoms with E-state index in [0.29, 0.717) is 5.57 Å². The Hall–Kier alpha value is -2.18. The predicted molar refractivity (Wildman–Crippen MR) is 54.7 cm³/mol.